The molecule has 0 unspecified atom stereocenters. The van der Waals surface area contributed by atoms with Crippen LogP contribution in [0.2, 0.25) is 0 Å². The number of benzene rings is 1. The van der Waals surface area contributed by atoms with E-state index in [1.54, 1.807) is 10.6 Å². The van der Waals surface area contributed by atoms with Gasteiger partial charge >= 0.3 is 5.97 Å². The lowest BCUT2D eigenvalue weighted by Gasteiger charge is -2.12. The van der Waals surface area contributed by atoms with Gasteiger partial charge in [0, 0.05) is 23.5 Å². The van der Waals surface area contributed by atoms with E-state index in [0.29, 0.717) is 17.9 Å². The summed E-state index contributed by atoms with van der Waals surface area (Å²) in [6, 6.07) is 4.66. The van der Waals surface area contributed by atoms with Gasteiger partial charge in [-0.25, -0.2) is 14.3 Å². The van der Waals surface area contributed by atoms with Crippen molar-refractivity contribution in [1.29, 1.82) is 0 Å². The van der Waals surface area contributed by atoms with Crippen LogP contribution >= 0.6 is 0 Å². The van der Waals surface area contributed by atoms with Gasteiger partial charge < -0.3 is 10.4 Å². The Hall–Kier alpha value is -3.29. The molecular weight excluding hydrogens is 334 g/mol. The molecule has 0 aliphatic heterocycles. The van der Waals surface area contributed by atoms with Gasteiger partial charge in [0.1, 0.15) is 6.33 Å². The fraction of sp³-hybridized carbons (Fsp3) is 0.278. The van der Waals surface area contributed by atoms with Crippen LogP contribution < -0.4 is 5.32 Å². The zero-order valence-corrected chi connectivity index (χ0v) is 14.8. The van der Waals surface area contributed by atoms with Crippen LogP contribution in [0.25, 0.3) is 5.78 Å². The van der Waals surface area contributed by atoms with Gasteiger partial charge in [0.25, 0.3) is 5.78 Å². The van der Waals surface area contributed by atoms with Gasteiger partial charge in [0.15, 0.2) is 0 Å². The first-order valence-corrected chi connectivity index (χ1v) is 8.16. The summed E-state index contributed by atoms with van der Waals surface area (Å²) in [7, 11) is 0. The van der Waals surface area contributed by atoms with Crippen molar-refractivity contribution in [3.05, 3.63) is 52.6 Å². The maximum atomic E-state index is 12.3. The quantitative estimate of drug-likeness (QED) is 0.728. The largest absolute Gasteiger partial charge is 0.478 e. The van der Waals surface area contributed by atoms with E-state index in [-0.39, 0.29) is 17.9 Å². The minimum atomic E-state index is -1.03. The van der Waals surface area contributed by atoms with E-state index in [1.165, 1.54) is 18.5 Å². The number of rotatable bonds is 5. The highest BCUT2D eigenvalue weighted by Crippen LogP contribution is 2.19. The lowest BCUT2D eigenvalue weighted by Crippen LogP contribution is -2.15. The molecule has 3 aromatic rings. The summed E-state index contributed by atoms with van der Waals surface area (Å²) in [5, 5.41) is 16.0. The van der Waals surface area contributed by atoms with E-state index >= 15 is 0 Å². The van der Waals surface area contributed by atoms with Crippen LogP contribution in [0.3, 0.4) is 0 Å². The highest BCUT2D eigenvalue weighted by atomic mass is 16.4. The molecular formula is C18H19N5O3. The minimum absolute atomic E-state index is 0.137. The number of nitrogens with zero attached hydrogens (tertiary/aromatic N) is 4. The lowest BCUT2D eigenvalue weighted by atomic mass is 10.1. The van der Waals surface area contributed by atoms with E-state index in [9.17, 15) is 9.59 Å². The highest BCUT2D eigenvalue weighted by Gasteiger charge is 2.14. The van der Waals surface area contributed by atoms with Crippen molar-refractivity contribution >= 4 is 23.3 Å². The minimum Gasteiger partial charge on any atom is -0.478 e. The maximum absolute atomic E-state index is 12.3. The third-order valence-electron chi connectivity index (χ3n) is 4.35. The normalized spacial score (nSPS) is 10.9. The number of carboxylic acid groups (broad SMARTS) is 1. The van der Waals surface area contributed by atoms with E-state index in [4.69, 9.17) is 5.11 Å². The second-order valence-corrected chi connectivity index (χ2v) is 6.12. The number of hydrogen-bond donors (Lipinski definition) is 2. The van der Waals surface area contributed by atoms with Gasteiger partial charge in [-0.15, -0.1) is 0 Å². The van der Waals surface area contributed by atoms with Crippen LogP contribution in [0.1, 0.15) is 39.3 Å². The van der Waals surface area contributed by atoms with Gasteiger partial charge in [-0.3, -0.25) is 4.79 Å². The van der Waals surface area contributed by atoms with Crippen LogP contribution in [0, 0.1) is 20.8 Å². The van der Waals surface area contributed by atoms with Crippen molar-refractivity contribution < 1.29 is 14.7 Å². The number of nitrogens with one attached hydrogen (secondary N) is 1. The van der Waals surface area contributed by atoms with E-state index in [2.05, 4.69) is 20.4 Å². The number of aromatic nitrogens is 4. The molecule has 0 saturated carbocycles. The number of amides is 1. The van der Waals surface area contributed by atoms with Crippen LogP contribution in [0.4, 0.5) is 5.69 Å². The first kappa shape index (κ1) is 17.5. The van der Waals surface area contributed by atoms with Crippen molar-refractivity contribution in [2.75, 3.05) is 5.32 Å². The molecule has 3 rings (SSSR count). The number of fused-ring (bicyclic) bond motifs is 1. The summed E-state index contributed by atoms with van der Waals surface area (Å²) in [5.41, 5.74) is 4.13. The average Bonchev–Trinajstić information content (AvgIpc) is 3.05. The smallest absolute Gasteiger partial charge is 0.335 e. The number of aryl methyl sites for hydroxylation is 3. The summed E-state index contributed by atoms with van der Waals surface area (Å²) in [4.78, 5) is 31.9. The molecule has 8 nitrogen and oxygen atoms in total. The molecule has 2 heterocycles. The van der Waals surface area contributed by atoms with Crippen LogP contribution in [0.15, 0.2) is 24.5 Å². The Morgan fingerprint density at radius 3 is 2.73 bits per heavy atom. The lowest BCUT2D eigenvalue weighted by molar-refractivity contribution is -0.116. The second-order valence-electron chi connectivity index (χ2n) is 6.12. The molecule has 2 N–H and O–H groups in total. The Morgan fingerprint density at radius 2 is 2.00 bits per heavy atom. The molecule has 1 amide bonds. The average molecular weight is 353 g/mol. The van der Waals surface area contributed by atoms with Crippen LogP contribution in [-0.2, 0) is 11.2 Å². The fourth-order valence-corrected chi connectivity index (χ4v) is 2.86. The predicted octanol–water partition coefficient (Wildman–Crippen LogP) is 2.32. The molecule has 0 aliphatic rings. The molecule has 0 fully saturated rings. The Bertz CT molecular complexity index is 1010. The first-order valence-electron chi connectivity index (χ1n) is 8.16. The zero-order chi connectivity index (χ0) is 18.8. The molecule has 0 radical (unpaired) electrons. The monoisotopic (exact) mass is 353 g/mol. The van der Waals surface area contributed by atoms with Crippen LogP contribution in [-0.4, -0.2) is 36.6 Å². The third kappa shape index (κ3) is 3.39. The number of carboxylic acids is 1. The molecule has 0 aliphatic carbocycles. The molecule has 0 bridgehead atoms. The van der Waals surface area contributed by atoms with Crippen molar-refractivity contribution in [2.45, 2.75) is 33.6 Å². The molecule has 26 heavy (non-hydrogen) atoms. The number of carbonyl (C=O) groups is 2. The third-order valence-corrected chi connectivity index (χ3v) is 4.35. The maximum Gasteiger partial charge on any atom is 0.335 e. The van der Waals surface area contributed by atoms with Crippen molar-refractivity contribution in [1.82, 2.24) is 19.6 Å². The summed E-state index contributed by atoms with van der Waals surface area (Å²) < 4.78 is 1.65. The van der Waals surface area contributed by atoms with Gasteiger partial charge in [-0.2, -0.15) is 10.1 Å². The Balaban J connectivity index is 1.74. The first-order chi connectivity index (χ1) is 12.4. The van der Waals surface area contributed by atoms with E-state index in [1.807, 2.05) is 20.8 Å². The summed E-state index contributed by atoms with van der Waals surface area (Å²) in [6.45, 7) is 5.62. The van der Waals surface area contributed by atoms with E-state index < -0.39 is 5.97 Å². The molecule has 0 atom stereocenters. The number of carbonyl (C=O) groups excluding carboxylic acids is 1. The summed E-state index contributed by atoms with van der Waals surface area (Å²) in [6.07, 6.45) is 2.20. The molecule has 0 saturated heterocycles. The van der Waals surface area contributed by atoms with Crippen molar-refractivity contribution in [3.8, 4) is 0 Å². The van der Waals surface area contributed by atoms with Gasteiger partial charge in [0.05, 0.1) is 5.56 Å². The highest BCUT2D eigenvalue weighted by molar-refractivity contribution is 5.94. The second kappa shape index (κ2) is 6.91. The van der Waals surface area contributed by atoms with Gasteiger partial charge in [-0.05, 0) is 50.5 Å². The Kier molecular flexibility index (Phi) is 4.66. The predicted molar refractivity (Wildman–Crippen MR) is 95.3 cm³/mol. The summed E-state index contributed by atoms with van der Waals surface area (Å²) in [5.74, 6) is -0.679. The van der Waals surface area contributed by atoms with Crippen LogP contribution in [0.5, 0.6) is 0 Å². The molecule has 8 heteroatoms. The summed E-state index contributed by atoms with van der Waals surface area (Å²) >= 11 is 0. The zero-order valence-electron chi connectivity index (χ0n) is 14.8. The fourth-order valence-electron chi connectivity index (χ4n) is 2.86. The standard InChI is InChI=1S/C18H19N5O3/c1-10-4-5-13(17(25)26)8-15(10)22-16(24)7-6-14-11(2)21-18-19-9-20-23(18)12(14)3/h4-5,8-9H,6-7H2,1-3H3,(H,22,24)(H,25,26). The number of aromatic carboxylic acids is 1. The molecule has 1 aromatic carbocycles. The molecule has 0 spiro atoms. The van der Waals surface area contributed by atoms with E-state index in [0.717, 1.165) is 22.5 Å². The Morgan fingerprint density at radius 1 is 1.23 bits per heavy atom. The SMILES string of the molecule is Cc1ccc(C(=O)O)cc1NC(=O)CCc1c(C)nc2ncnn2c1C. The topological polar surface area (TPSA) is 109 Å². The molecule has 134 valence electrons. The number of hydrogen-bond acceptors (Lipinski definition) is 5. The van der Waals surface area contributed by atoms with Gasteiger partial charge in [-0.1, -0.05) is 6.07 Å². The molecule has 2 aromatic heterocycles. The van der Waals surface area contributed by atoms with Crippen molar-refractivity contribution in [3.63, 3.8) is 0 Å². The Labute approximate surface area is 149 Å². The van der Waals surface area contributed by atoms with Crippen molar-refractivity contribution in [2.24, 2.45) is 0 Å². The van der Waals surface area contributed by atoms with Gasteiger partial charge in [0.2, 0.25) is 5.91 Å². The number of anilines is 1.